The number of hydrogen-bond acceptors (Lipinski definition) is 17. The second kappa shape index (κ2) is 13.1. The number of phenols is 1. The van der Waals surface area contributed by atoms with Gasteiger partial charge in [0, 0.05) is 0 Å². The van der Waals surface area contributed by atoms with E-state index in [1.807, 2.05) is 0 Å². The lowest BCUT2D eigenvalue weighted by atomic mass is 9.60. The summed E-state index contributed by atoms with van der Waals surface area (Å²) in [5.41, 5.74) is -3.16. The van der Waals surface area contributed by atoms with Crippen LogP contribution >= 0.6 is 0 Å². The fraction of sp³-hybridized carbons (Fsp3) is 0.593. The highest BCUT2D eigenvalue weighted by atomic mass is 16.6. The molecule has 1 aromatic carbocycles. The fourth-order valence-electron chi connectivity index (χ4n) is 5.95. The number of ether oxygens (including phenoxy) is 2. The first kappa shape index (κ1) is 33.8. The molecule has 0 aromatic heterocycles. The monoisotopic (exact) mass is 627 g/mol. The summed E-state index contributed by atoms with van der Waals surface area (Å²) in [6.45, 7) is -2.01. The van der Waals surface area contributed by atoms with Gasteiger partial charge in [-0.3, -0.25) is 14.4 Å². The molecule has 17 heteroatoms. The van der Waals surface area contributed by atoms with Gasteiger partial charge in [0.05, 0.1) is 25.2 Å². The predicted octanol–water partition coefficient (Wildman–Crippen LogP) is -5.09. The summed E-state index contributed by atoms with van der Waals surface area (Å²) in [6, 6.07) is 2.73. The Morgan fingerprint density at radius 2 is 1.39 bits per heavy atom. The molecule has 1 saturated carbocycles. The van der Waals surface area contributed by atoms with Crippen LogP contribution < -0.4 is 0 Å². The van der Waals surface area contributed by atoms with Crippen molar-refractivity contribution >= 4 is 23.4 Å². The minimum absolute atomic E-state index is 0.106. The number of nitroso groups, excluding NO2 is 1. The van der Waals surface area contributed by atoms with Gasteiger partial charge in [0.2, 0.25) is 0 Å². The maximum Gasteiger partial charge on any atom is 0.187 e. The number of ketones is 3. The topological polar surface area (TPSA) is 301 Å². The predicted molar refractivity (Wildman–Crippen MR) is 141 cm³/mol. The third-order valence-corrected chi connectivity index (χ3v) is 8.40. The number of Topliss-reactive ketones (excluding diaryl/α,β-unsaturated/α-hetero) is 2. The molecule has 0 amide bonds. The number of carbonyl (C=O) groups is 3. The molecule has 1 aliphatic carbocycles. The number of aliphatic hydroxyl groups excluding tert-OH is 8. The average molecular weight is 628 g/mol. The van der Waals surface area contributed by atoms with Gasteiger partial charge < -0.3 is 60.5 Å². The fourth-order valence-corrected chi connectivity index (χ4v) is 5.95. The zero-order valence-corrected chi connectivity index (χ0v) is 22.8. The highest BCUT2D eigenvalue weighted by Crippen LogP contribution is 2.44. The van der Waals surface area contributed by atoms with Crippen LogP contribution in [0, 0.1) is 16.7 Å². The molecule has 10 N–H and O–H groups in total. The molecule has 6 unspecified atom stereocenters. The number of aromatic hydroxyl groups is 1. The SMILES string of the molecule is O=NC1C(C2O[C@H](CO)[C@@H](O)[C@H](O)[C@H]2O)C(=O)C(C(=O)/C=C/c2ccc(O)cc2)C(=O)C1(O)C1O[C@H](CO)[C@@H](O)[C@H](O)[C@H]1O. The third kappa shape index (κ3) is 5.61. The molecule has 17 nitrogen and oxygen atoms in total. The largest absolute Gasteiger partial charge is 0.508 e. The van der Waals surface area contributed by atoms with E-state index in [2.05, 4.69) is 5.18 Å². The van der Waals surface area contributed by atoms with Gasteiger partial charge in [-0.2, -0.15) is 4.91 Å². The van der Waals surface area contributed by atoms with Crippen LogP contribution in [0.1, 0.15) is 5.56 Å². The van der Waals surface area contributed by atoms with Crippen LogP contribution in [0.2, 0.25) is 0 Å². The van der Waals surface area contributed by atoms with Gasteiger partial charge in [-0.25, -0.2) is 0 Å². The lowest BCUT2D eigenvalue weighted by Gasteiger charge is -2.52. The zero-order chi connectivity index (χ0) is 32.7. The zero-order valence-electron chi connectivity index (χ0n) is 22.8. The van der Waals surface area contributed by atoms with Crippen molar-refractivity contribution in [3.63, 3.8) is 0 Å². The molecule has 44 heavy (non-hydrogen) atoms. The first-order valence-corrected chi connectivity index (χ1v) is 13.5. The number of aliphatic hydroxyl groups is 9. The quantitative estimate of drug-likeness (QED) is 0.0732. The van der Waals surface area contributed by atoms with Crippen molar-refractivity contribution in [1.29, 1.82) is 0 Å². The van der Waals surface area contributed by atoms with Crippen LogP contribution in [0.15, 0.2) is 35.5 Å². The second-order valence-electron chi connectivity index (χ2n) is 11.0. The average Bonchev–Trinajstić information content (AvgIpc) is 3.00. The Kier molecular flexibility index (Phi) is 10.1. The molecular weight excluding hydrogens is 594 g/mol. The van der Waals surface area contributed by atoms with Gasteiger partial charge in [0.15, 0.2) is 23.0 Å². The maximum absolute atomic E-state index is 13.9. The highest BCUT2D eigenvalue weighted by Gasteiger charge is 2.70. The summed E-state index contributed by atoms with van der Waals surface area (Å²) in [6.07, 6.45) is -18.8. The summed E-state index contributed by atoms with van der Waals surface area (Å²) < 4.78 is 10.8. The smallest absolute Gasteiger partial charge is 0.187 e. The lowest BCUT2D eigenvalue weighted by Crippen LogP contribution is -2.77. The molecule has 0 spiro atoms. The van der Waals surface area contributed by atoms with E-state index in [1.54, 1.807) is 0 Å². The maximum atomic E-state index is 13.9. The number of benzene rings is 1. The number of nitrogens with zero attached hydrogens (tertiary/aromatic N) is 1. The third-order valence-electron chi connectivity index (χ3n) is 8.40. The minimum atomic E-state index is -3.47. The second-order valence-corrected chi connectivity index (χ2v) is 11.0. The molecule has 14 atom stereocenters. The van der Waals surface area contributed by atoms with Crippen LogP contribution in [-0.2, 0) is 23.9 Å². The van der Waals surface area contributed by atoms with Gasteiger partial charge in [-0.05, 0) is 23.8 Å². The number of allylic oxidation sites excluding steroid dienone is 1. The van der Waals surface area contributed by atoms with Crippen molar-refractivity contribution in [3.05, 3.63) is 40.8 Å². The first-order chi connectivity index (χ1) is 20.7. The Hall–Kier alpha value is -3.07. The first-order valence-electron chi connectivity index (χ1n) is 13.5. The Balaban J connectivity index is 1.85. The van der Waals surface area contributed by atoms with Crippen LogP contribution in [0.3, 0.4) is 0 Å². The summed E-state index contributed by atoms with van der Waals surface area (Å²) >= 11 is 0. The molecule has 2 heterocycles. The molecule has 0 bridgehead atoms. The van der Waals surface area contributed by atoms with Crippen molar-refractivity contribution in [2.45, 2.75) is 72.7 Å². The van der Waals surface area contributed by atoms with Crippen molar-refractivity contribution in [2.75, 3.05) is 13.2 Å². The summed E-state index contributed by atoms with van der Waals surface area (Å²) in [5.74, 6) is -9.31. The van der Waals surface area contributed by atoms with E-state index in [4.69, 9.17) is 9.47 Å². The van der Waals surface area contributed by atoms with E-state index < -0.39 is 115 Å². The Morgan fingerprint density at radius 3 is 1.93 bits per heavy atom. The van der Waals surface area contributed by atoms with Crippen molar-refractivity contribution < 1.29 is 74.9 Å². The molecule has 2 saturated heterocycles. The van der Waals surface area contributed by atoms with Crippen molar-refractivity contribution in [2.24, 2.45) is 17.0 Å². The van der Waals surface area contributed by atoms with Gasteiger partial charge in [-0.1, -0.05) is 23.4 Å². The molecule has 3 fully saturated rings. The van der Waals surface area contributed by atoms with Gasteiger partial charge in [0.25, 0.3) is 0 Å². The van der Waals surface area contributed by atoms with E-state index in [1.165, 1.54) is 24.3 Å². The Labute approximate surface area is 248 Å². The Morgan fingerprint density at radius 1 is 0.841 bits per heavy atom. The number of phenolic OH excluding ortho intramolecular Hbond substituents is 1. The van der Waals surface area contributed by atoms with Crippen LogP contribution in [0.4, 0.5) is 0 Å². The highest BCUT2D eigenvalue weighted by molar-refractivity contribution is 6.27. The van der Waals surface area contributed by atoms with Gasteiger partial charge in [0.1, 0.15) is 72.6 Å². The molecule has 2 aliphatic heterocycles. The molecule has 1 aromatic rings. The normalized spacial score (nSPS) is 43.2. The van der Waals surface area contributed by atoms with Crippen molar-refractivity contribution in [1.82, 2.24) is 0 Å². The number of hydrogen-bond donors (Lipinski definition) is 10. The van der Waals surface area contributed by atoms with E-state index in [0.717, 1.165) is 12.2 Å². The number of rotatable bonds is 8. The van der Waals surface area contributed by atoms with Crippen LogP contribution in [0.5, 0.6) is 5.75 Å². The van der Waals surface area contributed by atoms with E-state index in [-0.39, 0.29) is 5.75 Å². The minimum Gasteiger partial charge on any atom is -0.508 e. The van der Waals surface area contributed by atoms with Crippen LogP contribution in [0.25, 0.3) is 6.08 Å². The van der Waals surface area contributed by atoms with Crippen molar-refractivity contribution in [3.8, 4) is 5.75 Å². The summed E-state index contributed by atoms with van der Waals surface area (Å²) in [4.78, 5) is 53.6. The van der Waals surface area contributed by atoms with E-state index >= 15 is 0 Å². The standard InChI is InChI=1S/C27H33NO16/c29-7-12-16(33)19(36)21(38)23(43-12)15-18(35)14(11(32)6-3-9-1-4-10(31)5-2-9)25(40)27(41,24(15)28-42)26-22(39)20(37)17(34)13(8-30)44-26/h1-6,12-17,19-24,26,29-31,33-34,36-39,41H,7-8H2/b6-3+/t12-,13-,14?,15?,16-,17-,19+,20+,21-,22-,23?,24?,26?,27?/m1/s1. The van der Waals surface area contributed by atoms with Gasteiger partial charge in [-0.15, -0.1) is 0 Å². The molecule has 0 radical (unpaired) electrons. The summed E-state index contributed by atoms with van der Waals surface area (Å²) in [5, 5.41) is 106. The molecule has 3 aliphatic rings. The van der Waals surface area contributed by atoms with E-state index in [9.17, 15) is 70.4 Å². The molecular formula is C27H33NO16. The number of carbonyl (C=O) groups excluding carboxylic acids is 3. The van der Waals surface area contributed by atoms with E-state index in [0.29, 0.717) is 5.56 Å². The summed E-state index contributed by atoms with van der Waals surface area (Å²) in [7, 11) is 0. The molecule has 4 rings (SSSR count). The van der Waals surface area contributed by atoms with Crippen LogP contribution in [-0.4, -0.2) is 154 Å². The van der Waals surface area contributed by atoms with Gasteiger partial charge >= 0.3 is 0 Å². The molecule has 242 valence electrons. The lowest BCUT2D eigenvalue weighted by molar-refractivity contribution is -0.279. The Bertz CT molecular complexity index is 1270.